The van der Waals surface area contributed by atoms with Gasteiger partial charge in [-0.25, -0.2) is 4.68 Å². The highest BCUT2D eigenvalue weighted by Crippen LogP contribution is 2.31. The lowest BCUT2D eigenvalue weighted by Gasteiger charge is -2.20. The number of hydrogen-bond donors (Lipinski definition) is 1. The maximum Gasteiger partial charge on any atom is 0.253 e. The third-order valence-corrected chi connectivity index (χ3v) is 6.18. The molecule has 0 saturated carbocycles. The summed E-state index contributed by atoms with van der Waals surface area (Å²) in [7, 11) is 0. The average molecular weight is 443 g/mol. The van der Waals surface area contributed by atoms with Crippen LogP contribution < -0.4 is 10.9 Å². The number of amides is 1. The molecule has 1 amide bonds. The van der Waals surface area contributed by atoms with Crippen molar-refractivity contribution in [3.8, 4) is 11.1 Å². The highest BCUT2D eigenvalue weighted by Gasteiger charge is 2.25. The van der Waals surface area contributed by atoms with Crippen LogP contribution in [0.3, 0.4) is 0 Å². The molecule has 6 heteroatoms. The van der Waals surface area contributed by atoms with Crippen LogP contribution in [0.15, 0.2) is 53.3 Å². The van der Waals surface area contributed by atoms with E-state index < -0.39 is 6.04 Å². The zero-order valence-corrected chi connectivity index (χ0v) is 20.1. The van der Waals surface area contributed by atoms with Crippen molar-refractivity contribution in [3.63, 3.8) is 0 Å². The predicted molar refractivity (Wildman–Crippen MR) is 134 cm³/mol. The van der Waals surface area contributed by atoms with E-state index in [0.717, 1.165) is 44.6 Å². The van der Waals surface area contributed by atoms with Gasteiger partial charge in [-0.15, -0.1) is 0 Å². The fraction of sp³-hybridized carbons (Fsp3) is 0.296. The van der Waals surface area contributed by atoms with E-state index >= 15 is 0 Å². The van der Waals surface area contributed by atoms with Gasteiger partial charge in [0.2, 0.25) is 5.91 Å². The van der Waals surface area contributed by atoms with Crippen molar-refractivity contribution in [3.05, 3.63) is 81.3 Å². The average Bonchev–Trinajstić information content (AvgIpc) is 3.11. The molecule has 2 aromatic carbocycles. The maximum atomic E-state index is 13.4. The number of nitrogens with zero attached hydrogens (tertiary/aromatic N) is 3. The van der Waals surface area contributed by atoms with Crippen LogP contribution in [0.1, 0.15) is 42.3 Å². The van der Waals surface area contributed by atoms with E-state index in [1.165, 1.54) is 0 Å². The van der Waals surface area contributed by atoms with Crippen molar-refractivity contribution in [2.45, 2.75) is 54.1 Å². The van der Waals surface area contributed by atoms with Gasteiger partial charge < -0.3 is 5.32 Å². The van der Waals surface area contributed by atoms with E-state index in [0.29, 0.717) is 12.2 Å². The topological polar surface area (TPSA) is 68.9 Å². The van der Waals surface area contributed by atoms with Crippen LogP contribution in [0, 0.1) is 27.7 Å². The van der Waals surface area contributed by atoms with Crippen molar-refractivity contribution in [2.75, 3.05) is 5.32 Å². The van der Waals surface area contributed by atoms with E-state index in [-0.39, 0.29) is 11.5 Å². The molecule has 1 atom stereocenters. The van der Waals surface area contributed by atoms with E-state index in [9.17, 15) is 9.59 Å². The van der Waals surface area contributed by atoms with Crippen LogP contribution in [0.4, 0.5) is 5.69 Å². The quantitative estimate of drug-likeness (QED) is 0.455. The highest BCUT2D eigenvalue weighted by molar-refractivity contribution is 5.98. The molecule has 33 heavy (non-hydrogen) atoms. The number of rotatable bonds is 5. The van der Waals surface area contributed by atoms with Gasteiger partial charge in [0.05, 0.1) is 5.69 Å². The van der Waals surface area contributed by atoms with Crippen LogP contribution in [-0.4, -0.2) is 20.3 Å². The van der Waals surface area contributed by atoms with Gasteiger partial charge in [-0.2, -0.15) is 5.10 Å². The normalized spacial score (nSPS) is 12.2. The summed E-state index contributed by atoms with van der Waals surface area (Å²) in [5.74, 6) is -0.234. The number of carbonyl (C=O) groups excluding carboxylic acids is 1. The van der Waals surface area contributed by atoms with Crippen LogP contribution >= 0.6 is 0 Å². The number of benzene rings is 2. The van der Waals surface area contributed by atoms with Gasteiger partial charge in [0.1, 0.15) is 11.7 Å². The zero-order chi connectivity index (χ0) is 23.9. The number of aromatic nitrogens is 3. The molecular formula is C27H30N4O2. The van der Waals surface area contributed by atoms with E-state index in [1.807, 2.05) is 81.8 Å². The molecule has 0 saturated heterocycles. The first-order valence-electron chi connectivity index (χ1n) is 11.3. The molecule has 1 N–H and O–H groups in total. The molecule has 170 valence electrons. The second-order valence-corrected chi connectivity index (χ2v) is 8.67. The van der Waals surface area contributed by atoms with Crippen LogP contribution in [0.5, 0.6) is 0 Å². The number of nitrogens with one attached hydrogen (secondary N) is 1. The molecule has 4 rings (SSSR count). The second kappa shape index (κ2) is 8.70. The molecule has 4 aromatic rings. The molecule has 0 aliphatic rings. The lowest BCUT2D eigenvalue weighted by Crippen LogP contribution is -2.33. The monoisotopic (exact) mass is 442 g/mol. The Morgan fingerprint density at radius 3 is 2.27 bits per heavy atom. The minimum absolute atomic E-state index is 0.226. The predicted octanol–water partition coefficient (Wildman–Crippen LogP) is 5.32. The lowest BCUT2D eigenvalue weighted by molar-refractivity contribution is -0.118. The summed E-state index contributed by atoms with van der Waals surface area (Å²) in [6.07, 6.45) is 0. The highest BCUT2D eigenvalue weighted by atomic mass is 16.2. The largest absolute Gasteiger partial charge is 0.324 e. The van der Waals surface area contributed by atoms with Gasteiger partial charge in [0.25, 0.3) is 5.56 Å². The minimum Gasteiger partial charge on any atom is -0.324 e. The number of carbonyl (C=O) groups is 1. The smallest absolute Gasteiger partial charge is 0.253 e. The van der Waals surface area contributed by atoms with Crippen molar-refractivity contribution < 1.29 is 4.79 Å². The van der Waals surface area contributed by atoms with Gasteiger partial charge in [0, 0.05) is 23.7 Å². The molecule has 0 aliphatic heterocycles. The molecule has 1 unspecified atom stereocenters. The van der Waals surface area contributed by atoms with Gasteiger partial charge in [-0.1, -0.05) is 48.0 Å². The molecule has 0 aliphatic carbocycles. The molecule has 6 nitrogen and oxygen atoms in total. The van der Waals surface area contributed by atoms with Crippen molar-refractivity contribution in [1.82, 2.24) is 14.3 Å². The maximum absolute atomic E-state index is 13.4. The summed E-state index contributed by atoms with van der Waals surface area (Å²) in [5.41, 5.74) is 7.00. The molecule has 0 radical (unpaired) electrons. The first kappa shape index (κ1) is 22.5. The molecule has 0 bridgehead atoms. The first-order valence-corrected chi connectivity index (χ1v) is 11.3. The summed E-state index contributed by atoms with van der Waals surface area (Å²) in [4.78, 5) is 26.8. The summed E-state index contributed by atoms with van der Waals surface area (Å²) < 4.78 is 3.38. The third-order valence-electron chi connectivity index (χ3n) is 6.18. The number of fused-ring (bicyclic) bond motifs is 1. The summed E-state index contributed by atoms with van der Waals surface area (Å²) >= 11 is 0. The Balaban J connectivity index is 1.87. The zero-order valence-electron chi connectivity index (χ0n) is 20.1. The van der Waals surface area contributed by atoms with E-state index in [2.05, 4.69) is 10.4 Å². The SMILES string of the molecule is CCn1nc(C)c2c(-c3ccccc3)cc(=O)n(C(C)C(=O)Nc3c(C)cc(C)cc3C)c21. The number of aryl methyl sites for hydroxylation is 5. The van der Waals surface area contributed by atoms with Gasteiger partial charge >= 0.3 is 0 Å². The van der Waals surface area contributed by atoms with Gasteiger partial charge in [-0.05, 0) is 63.8 Å². The fourth-order valence-electron chi connectivity index (χ4n) is 4.66. The molecular weight excluding hydrogens is 412 g/mol. The number of anilines is 1. The number of pyridine rings is 1. The Hall–Kier alpha value is -3.67. The number of hydrogen-bond acceptors (Lipinski definition) is 3. The Bertz CT molecular complexity index is 1390. The standard InChI is InChI=1S/C27H30N4O2/c1-7-30-27-24(19(5)29-30)22(21-11-9-8-10-12-21)15-23(32)31(27)20(6)26(33)28-25-17(3)13-16(2)14-18(25)4/h8-15,20H,7H2,1-6H3,(H,28,33). The molecule has 0 fully saturated rings. The van der Waals surface area contributed by atoms with Crippen molar-refractivity contribution in [2.24, 2.45) is 0 Å². The molecule has 2 heterocycles. The lowest BCUT2D eigenvalue weighted by atomic mass is 10.0. The summed E-state index contributed by atoms with van der Waals surface area (Å²) in [5, 5.41) is 8.64. The Kier molecular flexibility index (Phi) is 5.93. The Morgan fingerprint density at radius 1 is 1.03 bits per heavy atom. The van der Waals surface area contributed by atoms with Gasteiger partial charge in [0.15, 0.2) is 0 Å². The Labute approximate surface area is 193 Å². The molecule has 2 aromatic heterocycles. The molecule has 0 spiro atoms. The van der Waals surface area contributed by atoms with E-state index in [4.69, 9.17) is 0 Å². The first-order chi connectivity index (χ1) is 15.7. The fourth-order valence-corrected chi connectivity index (χ4v) is 4.66. The third kappa shape index (κ3) is 3.97. The van der Waals surface area contributed by atoms with Crippen LogP contribution in [0.25, 0.3) is 22.2 Å². The summed E-state index contributed by atoms with van der Waals surface area (Å²) in [6.45, 7) is 12.3. The van der Waals surface area contributed by atoms with Crippen molar-refractivity contribution in [1.29, 1.82) is 0 Å². The van der Waals surface area contributed by atoms with E-state index in [1.54, 1.807) is 17.6 Å². The Morgan fingerprint density at radius 2 is 1.67 bits per heavy atom. The summed E-state index contributed by atoms with van der Waals surface area (Å²) in [6, 6.07) is 14.8. The van der Waals surface area contributed by atoms with Gasteiger partial charge in [-0.3, -0.25) is 14.2 Å². The van der Waals surface area contributed by atoms with Crippen LogP contribution in [0.2, 0.25) is 0 Å². The second-order valence-electron chi connectivity index (χ2n) is 8.67. The minimum atomic E-state index is -0.716. The van der Waals surface area contributed by atoms with Crippen molar-refractivity contribution >= 4 is 22.6 Å². The van der Waals surface area contributed by atoms with Crippen LogP contribution in [-0.2, 0) is 11.3 Å².